The van der Waals surface area contributed by atoms with Crippen LogP contribution in [0, 0.1) is 6.92 Å². The van der Waals surface area contributed by atoms with Crippen LogP contribution in [0.15, 0.2) is 48.5 Å². The van der Waals surface area contributed by atoms with E-state index in [1.165, 1.54) is 5.56 Å². The van der Waals surface area contributed by atoms with E-state index in [0.717, 1.165) is 23.3 Å². The van der Waals surface area contributed by atoms with E-state index < -0.39 is 0 Å². The molecule has 0 aliphatic heterocycles. The Labute approximate surface area is 145 Å². The van der Waals surface area contributed by atoms with Crippen LogP contribution >= 0.6 is 0 Å². The highest BCUT2D eigenvalue weighted by molar-refractivity contribution is 5.78. The van der Waals surface area contributed by atoms with Gasteiger partial charge in [0.1, 0.15) is 5.75 Å². The van der Waals surface area contributed by atoms with Crippen molar-refractivity contribution < 1.29 is 9.53 Å². The van der Waals surface area contributed by atoms with Crippen molar-refractivity contribution in [2.24, 2.45) is 0 Å². The van der Waals surface area contributed by atoms with E-state index in [0.29, 0.717) is 5.92 Å². The second kappa shape index (κ2) is 8.53. The van der Waals surface area contributed by atoms with Crippen LogP contribution in [0.2, 0.25) is 0 Å². The quantitative estimate of drug-likeness (QED) is 0.796. The lowest BCUT2D eigenvalue weighted by Crippen LogP contribution is -2.32. The summed E-state index contributed by atoms with van der Waals surface area (Å²) in [4.78, 5) is 12.3. The fourth-order valence-electron chi connectivity index (χ4n) is 2.69. The van der Waals surface area contributed by atoms with Crippen molar-refractivity contribution in [3.63, 3.8) is 0 Å². The molecule has 0 radical (unpaired) electrons. The van der Waals surface area contributed by atoms with Gasteiger partial charge < -0.3 is 10.1 Å². The molecule has 0 saturated heterocycles. The van der Waals surface area contributed by atoms with E-state index in [4.69, 9.17) is 4.74 Å². The number of hydrogen-bond acceptors (Lipinski definition) is 2. The number of aryl methyl sites for hydroxylation is 1. The summed E-state index contributed by atoms with van der Waals surface area (Å²) in [5.41, 5.74) is 3.46. The first kappa shape index (κ1) is 18.1. The maximum Gasteiger partial charge on any atom is 0.258 e. The second-order valence-electron chi connectivity index (χ2n) is 6.42. The Balaban J connectivity index is 1.96. The second-order valence-corrected chi connectivity index (χ2v) is 6.42. The van der Waals surface area contributed by atoms with Gasteiger partial charge in [0, 0.05) is 0 Å². The Morgan fingerprint density at radius 3 is 2.38 bits per heavy atom. The van der Waals surface area contributed by atoms with Crippen LogP contribution < -0.4 is 10.1 Å². The predicted octanol–water partition coefficient (Wildman–Crippen LogP) is 4.76. The van der Waals surface area contributed by atoms with Gasteiger partial charge in [0.15, 0.2) is 6.61 Å². The lowest BCUT2D eigenvalue weighted by Gasteiger charge is -2.19. The molecule has 1 amide bonds. The van der Waals surface area contributed by atoms with Crippen molar-refractivity contribution in [3.8, 4) is 5.75 Å². The van der Waals surface area contributed by atoms with E-state index in [9.17, 15) is 4.79 Å². The monoisotopic (exact) mass is 325 g/mol. The maximum absolute atomic E-state index is 12.3. The van der Waals surface area contributed by atoms with E-state index >= 15 is 0 Å². The van der Waals surface area contributed by atoms with Crippen LogP contribution in [0.4, 0.5) is 0 Å². The Bertz CT molecular complexity index is 662. The summed E-state index contributed by atoms with van der Waals surface area (Å²) in [6.45, 7) is 8.40. The first-order valence-electron chi connectivity index (χ1n) is 8.59. The molecule has 0 unspecified atom stereocenters. The Hall–Kier alpha value is -2.29. The normalized spacial score (nSPS) is 12.0. The first-order valence-corrected chi connectivity index (χ1v) is 8.59. The average Bonchev–Trinajstić information content (AvgIpc) is 2.59. The van der Waals surface area contributed by atoms with Gasteiger partial charge in [-0.3, -0.25) is 4.79 Å². The predicted molar refractivity (Wildman–Crippen MR) is 98.4 cm³/mol. The molecule has 128 valence electrons. The number of amides is 1. The van der Waals surface area contributed by atoms with Gasteiger partial charge in [-0.1, -0.05) is 68.8 Å². The molecular formula is C21H27NO2. The van der Waals surface area contributed by atoms with Gasteiger partial charge in [-0.15, -0.1) is 0 Å². The zero-order chi connectivity index (χ0) is 17.5. The third kappa shape index (κ3) is 4.85. The number of nitrogens with one attached hydrogen (secondary N) is 1. The molecule has 2 rings (SSSR count). The summed E-state index contributed by atoms with van der Waals surface area (Å²) in [6.07, 6.45) is 0.845. The topological polar surface area (TPSA) is 38.3 Å². The van der Waals surface area contributed by atoms with E-state index in [2.05, 4.69) is 57.3 Å². The van der Waals surface area contributed by atoms with Crippen molar-refractivity contribution in [1.82, 2.24) is 5.32 Å². The molecule has 0 spiro atoms. The molecule has 0 aliphatic rings. The molecule has 0 fully saturated rings. The van der Waals surface area contributed by atoms with Crippen molar-refractivity contribution in [2.75, 3.05) is 6.61 Å². The SMILES string of the molecule is CC[C@H](NC(=O)COc1ccccc1C(C)C)c1ccc(C)cc1. The van der Waals surface area contributed by atoms with Gasteiger partial charge in [-0.2, -0.15) is 0 Å². The van der Waals surface area contributed by atoms with Gasteiger partial charge in [0.2, 0.25) is 0 Å². The molecule has 0 aromatic heterocycles. The number of ether oxygens (including phenoxy) is 1. The Kier molecular flexibility index (Phi) is 6.42. The molecule has 0 saturated carbocycles. The summed E-state index contributed by atoms with van der Waals surface area (Å²) in [7, 11) is 0. The number of hydrogen-bond donors (Lipinski definition) is 1. The summed E-state index contributed by atoms with van der Waals surface area (Å²) in [5.74, 6) is 1.05. The highest BCUT2D eigenvalue weighted by atomic mass is 16.5. The van der Waals surface area contributed by atoms with Crippen molar-refractivity contribution in [2.45, 2.75) is 46.1 Å². The number of para-hydroxylation sites is 1. The number of benzene rings is 2. The van der Waals surface area contributed by atoms with Crippen LogP contribution in [-0.2, 0) is 4.79 Å². The van der Waals surface area contributed by atoms with Crippen LogP contribution in [0.1, 0.15) is 55.8 Å². The highest BCUT2D eigenvalue weighted by Gasteiger charge is 2.14. The molecule has 0 bridgehead atoms. The van der Waals surface area contributed by atoms with Gasteiger partial charge >= 0.3 is 0 Å². The molecule has 1 atom stereocenters. The van der Waals surface area contributed by atoms with Crippen molar-refractivity contribution in [1.29, 1.82) is 0 Å². The van der Waals surface area contributed by atoms with Crippen molar-refractivity contribution >= 4 is 5.91 Å². The highest BCUT2D eigenvalue weighted by Crippen LogP contribution is 2.25. The van der Waals surface area contributed by atoms with Crippen LogP contribution in [0.3, 0.4) is 0 Å². The number of carbonyl (C=O) groups excluding carboxylic acids is 1. The fraction of sp³-hybridized carbons (Fsp3) is 0.381. The molecule has 3 nitrogen and oxygen atoms in total. The number of rotatable bonds is 7. The standard InChI is InChI=1S/C21H27NO2/c1-5-19(17-12-10-16(4)11-13-17)22-21(23)14-24-20-9-7-6-8-18(20)15(2)3/h6-13,15,19H,5,14H2,1-4H3,(H,22,23)/t19-/m0/s1. The van der Waals surface area contributed by atoms with Gasteiger partial charge in [0.25, 0.3) is 5.91 Å². The molecule has 1 N–H and O–H groups in total. The van der Waals surface area contributed by atoms with Gasteiger partial charge in [-0.25, -0.2) is 0 Å². The third-order valence-electron chi connectivity index (χ3n) is 4.12. The summed E-state index contributed by atoms with van der Waals surface area (Å²) < 4.78 is 5.75. The zero-order valence-corrected chi connectivity index (χ0v) is 15.0. The first-order chi connectivity index (χ1) is 11.5. The van der Waals surface area contributed by atoms with Crippen LogP contribution in [-0.4, -0.2) is 12.5 Å². The number of carbonyl (C=O) groups is 1. The lowest BCUT2D eigenvalue weighted by molar-refractivity contribution is -0.123. The molecule has 0 aliphatic carbocycles. The molecule has 24 heavy (non-hydrogen) atoms. The van der Waals surface area contributed by atoms with Crippen LogP contribution in [0.5, 0.6) is 5.75 Å². The van der Waals surface area contributed by atoms with E-state index in [-0.39, 0.29) is 18.6 Å². The minimum atomic E-state index is -0.0963. The Morgan fingerprint density at radius 1 is 1.08 bits per heavy atom. The van der Waals surface area contributed by atoms with E-state index in [1.54, 1.807) is 0 Å². The average molecular weight is 325 g/mol. The van der Waals surface area contributed by atoms with Crippen LogP contribution in [0.25, 0.3) is 0 Å². The minimum absolute atomic E-state index is 0.0158. The minimum Gasteiger partial charge on any atom is -0.483 e. The van der Waals surface area contributed by atoms with Gasteiger partial charge in [0.05, 0.1) is 6.04 Å². The Morgan fingerprint density at radius 2 is 1.75 bits per heavy atom. The zero-order valence-electron chi connectivity index (χ0n) is 15.0. The smallest absolute Gasteiger partial charge is 0.258 e. The third-order valence-corrected chi connectivity index (χ3v) is 4.12. The van der Waals surface area contributed by atoms with Gasteiger partial charge in [-0.05, 0) is 36.5 Å². The summed E-state index contributed by atoms with van der Waals surface area (Å²) in [6, 6.07) is 16.2. The lowest BCUT2D eigenvalue weighted by atomic mass is 10.0. The van der Waals surface area contributed by atoms with E-state index in [1.807, 2.05) is 24.3 Å². The fourth-order valence-corrected chi connectivity index (χ4v) is 2.69. The molecule has 2 aromatic rings. The largest absolute Gasteiger partial charge is 0.483 e. The summed E-state index contributed by atoms with van der Waals surface area (Å²) >= 11 is 0. The maximum atomic E-state index is 12.3. The molecule has 0 heterocycles. The molecule has 2 aromatic carbocycles. The van der Waals surface area contributed by atoms with Crippen molar-refractivity contribution in [3.05, 3.63) is 65.2 Å². The molecule has 3 heteroatoms. The molecular weight excluding hydrogens is 298 g/mol. The summed E-state index contributed by atoms with van der Waals surface area (Å²) in [5, 5.41) is 3.06.